The Hall–Kier alpha value is -5.04. The maximum atomic E-state index is 14.1. The third kappa shape index (κ3) is 10.5. The molecule has 50 heavy (non-hydrogen) atoms. The SMILES string of the molecule is O=C1CCC(=O)N[C@H](Cc2cccs2)C(=O)N[C@@H](CC2CCCCC2)C(=O)N[C@H](Cc2ccccc2)C(=O)NC(C(=O)O)c2ccc(cc2)N1. The minimum atomic E-state index is -1.45. The van der Waals surface area contributed by atoms with Crippen LogP contribution in [0, 0.1) is 5.92 Å². The van der Waals surface area contributed by atoms with Gasteiger partial charge in [0, 0.05) is 36.2 Å². The molecule has 0 spiro atoms. The van der Waals surface area contributed by atoms with Crippen LogP contribution in [0.4, 0.5) is 5.69 Å². The predicted molar refractivity (Wildman–Crippen MR) is 188 cm³/mol. The van der Waals surface area contributed by atoms with Gasteiger partial charge in [0.25, 0.3) is 0 Å². The molecular weight excluding hydrogens is 659 g/mol. The second kappa shape index (κ2) is 17.6. The van der Waals surface area contributed by atoms with Gasteiger partial charge in [0.05, 0.1) is 0 Å². The Bertz CT molecular complexity index is 1640. The van der Waals surface area contributed by atoms with Gasteiger partial charge >= 0.3 is 5.97 Å². The number of carboxylic acids is 1. The molecule has 264 valence electrons. The predicted octanol–water partition coefficient (Wildman–Crippen LogP) is 3.63. The third-order valence-corrected chi connectivity index (χ3v) is 10.0. The maximum Gasteiger partial charge on any atom is 0.330 e. The summed E-state index contributed by atoms with van der Waals surface area (Å²) >= 11 is 1.43. The number of carbonyl (C=O) groups excluding carboxylic acids is 5. The summed E-state index contributed by atoms with van der Waals surface area (Å²) in [4.78, 5) is 80.9. The molecule has 0 radical (unpaired) electrons. The number of fused-ring (bicyclic) bond motifs is 17. The minimum Gasteiger partial charge on any atom is -0.479 e. The van der Waals surface area contributed by atoms with Crippen molar-refractivity contribution in [3.63, 3.8) is 0 Å². The first-order chi connectivity index (χ1) is 24.1. The number of hydrogen-bond donors (Lipinski definition) is 6. The standard InChI is InChI=1S/C37H43N5O7S/c43-31-17-18-32(44)39-30(22-27-12-7-19-50-27)35(46)40-28(20-23-8-3-1-4-9-23)34(45)41-29(21-24-10-5-2-6-11-24)36(47)42-33(37(48)49)25-13-15-26(38-31)16-14-25/h2,5-7,10-16,19,23,28-30,33H,1,3-4,8-9,17-18,20-22H2,(H,38,43)(H,39,44)(H,40,46)(H,41,45)(H,42,47)(H,48,49)/t28-,29+,30+,33?/m0/s1. The molecule has 6 rings (SSSR count). The molecule has 4 atom stereocenters. The van der Waals surface area contributed by atoms with Crippen molar-refractivity contribution < 1.29 is 33.9 Å². The van der Waals surface area contributed by atoms with Crippen LogP contribution in [0.1, 0.15) is 73.4 Å². The van der Waals surface area contributed by atoms with Gasteiger partial charge in [-0.05, 0) is 47.0 Å². The highest BCUT2D eigenvalue weighted by Gasteiger charge is 2.34. The molecule has 1 saturated carbocycles. The lowest BCUT2D eigenvalue weighted by Gasteiger charge is -2.29. The topological polar surface area (TPSA) is 183 Å². The average Bonchev–Trinajstić information content (AvgIpc) is 3.63. The van der Waals surface area contributed by atoms with Crippen LogP contribution in [0.5, 0.6) is 0 Å². The molecule has 1 fully saturated rings. The van der Waals surface area contributed by atoms with E-state index in [4.69, 9.17) is 0 Å². The van der Waals surface area contributed by atoms with E-state index in [1.165, 1.54) is 35.6 Å². The Balaban J connectivity index is 1.49. The van der Waals surface area contributed by atoms with Gasteiger partial charge in [-0.2, -0.15) is 0 Å². The highest BCUT2D eigenvalue weighted by atomic mass is 32.1. The summed E-state index contributed by atoms with van der Waals surface area (Å²) in [5, 5.41) is 25.7. The lowest BCUT2D eigenvalue weighted by molar-refractivity contribution is -0.142. The monoisotopic (exact) mass is 701 g/mol. The van der Waals surface area contributed by atoms with Gasteiger partial charge in [-0.15, -0.1) is 11.3 Å². The number of amides is 5. The Morgan fingerprint density at radius 2 is 1.32 bits per heavy atom. The number of anilines is 1. The number of benzene rings is 2. The van der Waals surface area contributed by atoms with Crippen LogP contribution in [-0.4, -0.2) is 58.7 Å². The molecule has 0 saturated heterocycles. The van der Waals surface area contributed by atoms with E-state index < -0.39 is 59.7 Å². The van der Waals surface area contributed by atoms with Crippen LogP contribution >= 0.6 is 11.3 Å². The van der Waals surface area contributed by atoms with Crippen molar-refractivity contribution in [3.8, 4) is 0 Å². The van der Waals surface area contributed by atoms with E-state index in [9.17, 15) is 33.9 Å². The third-order valence-electron chi connectivity index (χ3n) is 9.12. The van der Waals surface area contributed by atoms with Crippen LogP contribution in [0.3, 0.4) is 0 Å². The van der Waals surface area contributed by atoms with Crippen molar-refractivity contribution in [3.05, 3.63) is 88.1 Å². The number of nitrogens with one attached hydrogen (secondary N) is 5. The van der Waals surface area contributed by atoms with Crippen LogP contribution < -0.4 is 26.6 Å². The molecule has 1 unspecified atom stereocenters. The smallest absolute Gasteiger partial charge is 0.330 e. The molecule has 3 aliphatic rings. The number of carboxylic acid groups (broad SMARTS) is 1. The van der Waals surface area contributed by atoms with Gasteiger partial charge in [-0.1, -0.05) is 80.6 Å². The second-order valence-electron chi connectivity index (χ2n) is 12.9. The Kier molecular flexibility index (Phi) is 12.7. The van der Waals surface area contributed by atoms with Crippen LogP contribution in [0.25, 0.3) is 0 Å². The van der Waals surface area contributed by atoms with E-state index in [2.05, 4.69) is 26.6 Å². The van der Waals surface area contributed by atoms with Gasteiger partial charge in [0.1, 0.15) is 18.1 Å². The van der Waals surface area contributed by atoms with Crippen LogP contribution in [-0.2, 0) is 41.6 Å². The second-order valence-corrected chi connectivity index (χ2v) is 13.9. The van der Waals surface area contributed by atoms with Crippen molar-refractivity contribution in [2.75, 3.05) is 5.32 Å². The lowest BCUT2D eigenvalue weighted by Crippen LogP contribution is -2.58. The van der Waals surface area contributed by atoms with Crippen LogP contribution in [0.15, 0.2) is 72.1 Å². The van der Waals surface area contributed by atoms with E-state index in [0.717, 1.165) is 42.5 Å². The summed E-state index contributed by atoms with van der Waals surface area (Å²) < 4.78 is 0. The number of thiophene rings is 1. The van der Waals surface area contributed by atoms with Crippen molar-refractivity contribution in [1.82, 2.24) is 21.3 Å². The zero-order chi connectivity index (χ0) is 35.5. The molecule has 1 aliphatic carbocycles. The normalized spacial score (nSPS) is 23.2. The van der Waals surface area contributed by atoms with Gasteiger partial charge in [0.2, 0.25) is 29.5 Å². The fourth-order valence-corrected chi connectivity index (χ4v) is 7.19. The first-order valence-electron chi connectivity index (χ1n) is 17.0. The van der Waals surface area contributed by atoms with E-state index in [-0.39, 0.29) is 37.2 Å². The molecule has 2 aromatic carbocycles. The Morgan fingerprint density at radius 3 is 2.00 bits per heavy atom. The zero-order valence-corrected chi connectivity index (χ0v) is 28.5. The van der Waals surface area contributed by atoms with Gasteiger partial charge in [0.15, 0.2) is 6.04 Å². The van der Waals surface area contributed by atoms with Gasteiger partial charge in [-0.3, -0.25) is 24.0 Å². The number of aliphatic carboxylic acids is 1. The Labute approximate surface area is 294 Å². The fraction of sp³-hybridized carbons (Fsp3) is 0.405. The maximum absolute atomic E-state index is 14.1. The Morgan fingerprint density at radius 1 is 0.680 bits per heavy atom. The molecule has 2 aliphatic heterocycles. The highest BCUT2D eigenvalue weighted by molar-refractivity contribution is 7.09. The number of hydrogen-bond acceptors (Lipinski definition) is 7. The lowest BCUT2D eigenvalue weighted by atomic mass is 9.84. The first kappa shape index (κ1) is 36.2. The minimum absolute atomic E-state index is 0.0663. The highest BCUT2D eigenvalue weighted by Crippen LogP contribution is 2.28. The summed E-state index contributed by atoms with van der Waals surface area (Å²) in [6.07, 6.45) is 5.14. The molecule has 5 amide bonds. The fourth-order valence-electron chi connectivity index (χ4n) is 6.44. The quantitative estimate of drug-likeness (QED) is 0.203. The zero-order valence-electron chi connectivity index (χ0n) is 27.7. The summed E-state index contributed by atoms with van der Waals surface area (Å²) in [6, 6.07) is 14.0. The van der Waals surface area contributed by atoms with Crippen LogP contribution in [0.2, 0.25) is 0 Å². The van der Waals surface area contributed by atoms with Gasteiger partial charge < -0.3 is 31.7 Å². The summed E-state index contributed by atoms with van der Waals surface area (Å²) in [5.41, 5.74) is 1.36. The molecule has 12 nitrogen and oxygen atoms in total. The van der Waals surface area contributed by atoms with E-state index in [1.807, 2.05) is 23.6 Å². The van der Waals surface area contributed by atoms with Crippen molar-refractivity contribution >= 4 is 52.5 Å². The average molecular weight is 702 g/mol. The molecule has 2 bridgehead atoms. The summed E-state index contributed by atoms with van der Waals surface area (Å²) in [5.74, 6) is -3.95. The molecule has 3 aromatic rings. The number of rotatable bonds is 7. The molecule has 13 heteroatoms. The molecular formula is C37H43N5O7S. The summed E-state index contributed by atoms with van der Waals surface area (Å²) in [6.45, 7) is 0. The van der Waals surface area contributed by atoms with E-state index >= 15 is 0 Å². The van der Waals surface area contributed by atoms with Crippen molar-refractivity contribution in [2.45, 2.75) is 88.4 Å². The van der Waals surface area contributed by atoms with E-state index in [0.29, 0.717) is 12.1 Å². The molecule has 1 aromatic heterocycles. The first-order valence-corrected chi connectivity index (χ1v) is 17.9. The summed E-state index contributed by atoms with van der Waals surface area (Å²) in [7, 11) is 0. The van der Waals surface area contributed by atoms with E-state index in [1.54, 1.807) is 24.3 Å². The van der Waals surface area contributed by atoms with Crippen molar-refractivity contribution in [2.24, 2.45) is 5.92 Å². The number of carbonyl (C=O) groups is 6. The largest absolute Gasteiger partial charge is 0.479 e. The molecule has 6 N–H and O–H groups in total. The van der Waals surface area contributed by atoms with Crippen molar-refractivity contribution in [1.29, 1.82) is 0 Å². The van der Waals surface area contributed by atoms with Gasteiger partial charge in [-0.25, -0.2) is 4.79 Å². The molecule has 3 heterocycles.